The Kier molecular flexibility index (Phi) is 1.60. The smallest absolute Gasteiger partial charge is 0.0499 e. The van der Waals surface area contributed by atoms with E-state index in [1.165, 1.54) is 19.5 Å². The van der Waals surface area contributed by atoms with Crippen LogP contribution in [0.4, 0.5) is 0 Å². The lowest BCUT2D eigenvalue weighted by atomic mass is 10.2. The van der Waals surface area contributed by atoms with Crippen LogP contribution in [-0.2, 0) is 0 Å². The van der Waals surface area contributed by atoms with Crippen molar-refractivity contribution in [3.05, 3.63) is 0 Å². The summed E-state index contributed by atoms with van der Waals surface area (Å²) in [7, 11) is 0. The average Bonchev–Trinajstić information content (AvgIpc) is 1.23. The Morgan fingerprint density at radius 1 is 1.57 bits per heavy atom. The second-order valence-corrected chi connectivity index (χ2v) is 2.77. The van der Waals surface area contributed by atoms with Crippen LogP contribution in [0.5, 0.6) is 0 Å². The number of thiol groups is 1. The summed E-state index contributed by atoms with van der Waals surface area (Å²) in [5, 5.41) is 0.480. The van der Waals surface area contributed by atoms with Gasteiger partial charge in [0.15, 0.2) is 0 Å². The van der Waals surface area contributed by atoms with E-state index in [9.17, 15) is 0 Å². The lowest BCUT2D eigenvalue weighted by Gasteiger charge is -2.33. The fraction of sp³-hybridized carbons (Fsp3) is 1.00. The highest BCUT2D eigenvalue weighted by molar-refractivity contribution is 7.80. The van der Waals surface area contributed by atoms with Gasteiger partial charge in [0.25, 0.3) is 0 Å². The molecule has 0 aromatic carbocycles. The molecule has 0 spiro atoms. The molecular weight excluding hydrogens is 106 g/mol. The molecule has 0 aromatic rings. The van der Waals surface area contributed by atoms with Gasteiger partial charge in [-0.1, -0.05) is 0 Å². The zero-order valence-corrected chi connectivity index (χ0v) is 5.49. The van der Waals surface area contributed by atoms with Gasteiger partial charge in [0, 0.05) is 18.5 Å². The third kappa shape index (κ3) is 1.10. The molecular formula is C5H11NS. The van der Waals surface area contributed by atoms with Crippen LogP contribution in [0, 0.1) is 0 Å². The Labute approximate surface area is 50.1 Å². The van der Waals surface area contributed by atoms with Gasteiger partial charge in [-0.05, 0) is 13.3 Å². The van der Waals surface area contributed by atoms with Crippen LogP contribution in [0.2, 0.25) is 0 Å². The number of hydrogen-bond donors (Lipinski definition) is 1. The summed E-state index contributed by atoms with van der Waals surface area (Å²) in [6, 6.07) is 0. The molecule has 7 heavy (non-hydrogen) atoms. The first-order chi connectivity index (χ1) is 3.30. The van der Waals surface area contributed by atoms with E-state index in [4.69, 9.17) is 0 Å². The Bertz CT molecular complexity index is 59.1. The van der Waals surface area contributed by atoms with Crippen molar-refractivity contribution < 1.29 is 0 Å². The van der Waals surface area contributed by atoms with Crippen molar-refractivity contribution in [1.29, 1.82) is 0 Å². The average molecular weight is 117 g/mol. The number of likely N-dealkylation sites (tertiary alicyclic amines) is 1. The van der Waals surface area contributed by atoms with Gasteiger partial charge in [-0.15, -0.1) is 0 Å². The molecule has 0 N–H and O–H groups in total. The molecule has 0 aliphatic carbocycles. The van der Waals surface area contributed by atoms with E-state index < -0.39 is 0 Å². The van der Waals surface area contributed by atoms with Gasteiger partial charge in [-0.2, -0.15) is 12.6 Å². The molecule has 1 heterocycles. The minimum absolute atomic E-state index is 0.480. The third-order valence-electron chi connectivity index (χ3n) is 1.42. The quantitative estimate of drug-likeness (QED) is 0.501. The van der Waals surface area contributed by atoms with E-state index in [2.05, 4.69) is 24.5 Å². The standard InChI is InChI=1S/C5H11NS/c1-5(7)6-3-2-4-6/h5,7H,2-4H2,1H3. The Morgan fingerprint density at radius 2 is 2.14 bits per heavy atom. The largest absolute Gasteiger partial charge is 0.292 e. The van der Waals surface area contributed by atoms with Gasteiger partial charge >= 0.3 is 0 Å². The molecule has 1 fully saturated rings. The molecule has 2 heteroatoms. The van der Waals surface area contributed by atoms with E-state index in [1.807, 2.05) is 0 Å². The zero-order chi connectivity index (χ0) is 5.28. The van der Waals surface area contributed by atoms with E-state index in [-0.39, 0.29) is 0 Å². The molecule has 1 aliphatic heterocycles. The number of rotatable bonds is 1. The Morgan fingerprint density at radius 3 is 2.14 bits per heavy atom. The summed E-state index contributed by atoms with van der Waals surface area (Å²) in [5.41, 5.74) is 0. The molecule has 1 atom stereocenters. The van der Waals surface area contributed by atoms with Crippen LogP contribution in [0.15, 0.2) is 0 Å². The topological polar surface area (TPSA) is 3.24 Å². The van der Waals surface area contributed by atoms with Gasteiger partial charge < -0.3 is 0 Å². The first kappa shape index (κ1) is 5.45. The van der Waals surface area contributed by atoms with E-state index in [1.54, 1.807) is 0 Å². The molecule has 1 nitrogen and oxygen atoms in total. The molecule has 0 bridgehead atoms. The maximum atomic E-state index is 4.25. The first-order valence-corrected chi connectivity index (χ1v) is 3.24. The van der Waals surface area contributed by atoms with Crippen molar-refractivity contribution in [1.82, 2.24) is 4.90 Å². The fourth-order valence-electron chi connectivity index (χ4n) is 0.714. The monoisotopic (exact) mass is 117 g/mol. The maximum absolute atomic E-state index is 4.25. The van der Waals surface area contributed by atoms with Gasteiger partial charge in [0.05, 0.1) is 0 Å². The summed E-state index contributed by atoms with van der Waals surface area (Å²) in [5.74, 6) is 0. The van der Waals surface area contributed by atoms with Crippen molar-refractivity contribution in [2.24, 2.45) is 0 Å². The van der Waals surface area contributed by atoms with Crippen LogP contribution >= 0.6 is 12.6 Å². The van der Waals surface area contributed by atoms with E-state index in [0.717, 1.165) is 0 Å². The number of nitrogens with zero attached hydrogens (tertiary/aromatic N) is 1. The highest BCUT2D eigenvalue weighted by Crippen LogP contribution is 2.11. The minimum atomic E-state index is 0.480. The van der Waals surface area contributed by atoms with Crippen molar-refractivity contribution in [3.63, 3.8) is 0 Å². The fourth-order valence-corrected chi connectivity index (χ4v) is 0.945. The SMILES string of the molecule is CC(S)N1CCC1. The molecule has 1 rings (SSSR count). The Hall–Kier alpha value is 0.310. The predicted molar refractivity (Wildman–Crippen MR) is 34.6 cm³/mol. The van der Waals surface area contributed by atoms with Gasteiger partial charge in [0.2, 0.25) is 0 Å². The van der Waals surface area contributed by atoms with Crippen LogP contribution < -0.4 is 0 Å². The minimum Gasteiger partial charge on any atom is -0.292 e. The van der Waals surface area contributed by atoms with Gasteiger partial charge in [-0.3, -0.25) is 4.90 Å². The van der Waals surface area contributed by atoms with Crippen molar-refractivity contribution in [2.45, 2.75) is 18.7 Å². The summed E-state index contributed by atoms with van der Waals surface area (Å²) >= 11 is 4.25. The number of hydrogen-bond acceptors (Lipinski definition) is 2. The molecule has 0 aromatic heterocycles. The van der Waals surface area contributed by atoms with Gasteiger partial charge in [-0.25, -0.2) is 0 Å². The van der Waals surface area contributed by atoms with Crippen molar-refractivity contribution in [3.8, 4) is 0 Å². The predicted octanol–water partition coefficient (Wildman–Crippen LogP) is 0.968. The van der Waals surface area contributed by atoms with Crippen LogP contribution in [0.25, 0.3) is 0 Å². The third-order valence-corrected chi connectivity index (χ3v) is 1.75. The molecule has 1 unspecified atom stereocenters. The van der Waals surface area contributed by atoms with Crippen molar-refractivity contribution in [2.75, 3.05) is 13.1 Å². The molecule has 0 saturated carbocycles. The van der Waals surface area contributed by atoms with Crippen LogP contribution in [0.1, 0.15) is 13.3 Å². The summed E-state index contributed by atoms with van der Waals surface area (Å²) in [6.07, 6.45) is 1.37. The Balaban J connectivity index is 2.14. The highest BCUT2D eigenvalue weighted by Gasteiger charge is 2.16. The molecule has 1 aliphatic rings. The second-order valence-electron chi connectivity index (χ2n) is 2.02. The van der Waals surface area contributed by atoms with Gasteiger partial charge in [0.1, 0.15) is 0 Å². The molecule has 42 valence electrons. The lowest BCUT2D eigenvalue weighted by Crippen LogP contribution is -2.40. The van der Waals surface area contributed by atoms with Crippen LogP contribution in [0.3, 0.4) is 0 Å². The molecule has 1 saturated heterocycles. The van der Waals surface area contributed by atoms with E-state index >= 15 is 0 Å². The van der Waals surface area contributed by atoms with E-state index in [0.29, 0.717) is 5.37 Å². The summed E-state index contributed by atoms with van der Waals surface area (Å²) < 4.78 is 0. The zero-order valence-electron chi connectivity index (χ0n) is 4.59. The van der Waals surface area contributed by atoms with Crippen molar-refractivity contribution >= 4 is 12.6 Å². The summed E-state index contributed by atoms with van der Waals surface area (Å²) in [4.78, 5) is 2.34. The maximum Gasteiger partial charge on any atom is 0.0499 e. The van der Waals surface area contributed by atoms with Crippen LogP contribution in [-0.4, -0.2) is 23.4 Å². The normalized spacial score (nSPS) is 26.6. The summed E-state index contributed by atoms with van der Waals surface area (Å²) in [6.45, 7) is 4.62. The molecule has 0 radical (unpaired) electrons. The first-order valence-electron chi connectivity index (χ1n) is 2.73. The lowest BCUT2D eigenvalue weighted by molar-refractivity contribution is 0.175. The second kappa shape index (κ2) is 2.05. The molecule has 0 amide bonds. The highest BCUT2D eigenvalue weighted by atomic mass is 32.1.